The van der Waals surface area contributed by atoms with Gasteiger partial charge >= 0.3 is 5.17 Å². The van der Waals surface area contributed by atoms with E-state index in [4.69, 9.17) is 5.73 Å². The minimum Gasteiger partial charge on any atom is -0.744 e. The number of hydrogen-bond acceptors (Lipinski definition) is 8. The number of rotatable bonds is 3. The van der Waals surface area contributed by atoms with Crippen molar-refractivity contribution in [2.24, 2.45) is 10.8 Å². The average Bonchev–Trinajstić information content (AvgIpc) is 3.11. The second-order valence-corrected chi connectivity index (χ2v) is 11.7. The Morgan fingerprint density at radius 3 is 2.37 bits per heavy atom. The van der Waals surface area contributed by atoms with Crippen molar-refractivity contribution in [3.63, 3.8) is 0 Å². The van der Waals surface area contributed by atoms with Crippen molar-refractivity contribution >= 4 is 43.1 Å². The SMILES string of the molecule is Cc1ccc(S(=O)(=O)[O-])cc1.NC1=[N+](/N=C/c2ccccc2)C2CS(=O)(=O)CC2S1. The van der Waals surface area contributed by atoms with Crippen LogP contribution in [0, 0.1) is 6.92 Å². The fourth-order valence-electron chi connectivity index (χ4n) is 3.03. The van der Waals surface area contributed by atoms with E-state index in [1.54, 1.807) is 23.0 Å². The summed E-state index contributed by atoms with van der Waals surface area (Å²) in [6.07, 6.45) is 1.71. The molecule has 11 heteroatoms. The molecule has 0 spiro atoms. The second kappa shape index (κ2) is 8.88. The van der Waals surface area contributed by atoms with Gasteiger partial charge in [-0.3, -0.25) is 5.73 Å². The lowest BCUT2D eigenvalue weighted by Gasteiger charge is -2.05. The molecule has 0 aromatic heterocycles. The predicted molar refractivity (Wildman–Crippen MR) is 116 cm³/mol. The minimum atomic E-state index is -4.27. The zero-order valence-corrected chi connectivity index (χ0v) is 18.5. The van der Waals surface area contributed by atoms with E-state index in [2.05, 4.69) is 5.10 Å². The minimum absolute atomic E-state index is 0.0120. The van der Waals surface area contributed by atoms with E-state index >= 15 is 0 Å². The van der Waals surface area contributed by atoms with Crippen molar-refractivity contribution in [2.75, 3.05) is 11.5 Å². The van der Waals surface area contributed by atoms with E-state index in [0.717, 1.165) is 11.1 Å². The van der Waals surface area contributed by atoms with Crippen molar-refractivity contribution < 1.29 is 26.1 Å². The summed E-state index contributed by atoms with van der Waals surface area (Å²) >= 11 is 1.41. The van der Waals surface area contributed by atoms with Crippen LogP contribution in [-0.2, 0) is 20.0 Å². The van der Waals surface area contributed by atoms with Crippen LogP contribution in [0.15, 0.2) is 64.6 Å². The van der Waals surface area contributed by atoms with Crippen molar-refractivity contribution in [2.45, 2.75) is 23.1 Å². The van der Waals surface area contributed by atoms with Gasteiger partial charge in [0.15, 0.2) is 15.9 Å². The maximum absolute atomic E-state index is 11.6. The van der Waals surface area contributed by atoms with Crippen LogP contribution in [0.1, 0.15) is 11.1 Å². The molecule has 0 amide bonds. The summed E-state index contributed by atoms with van der Waals surface area (Å²) in [7, 11) is -7.22. The molecule has 30 heavy (non-hydrogen) atoms. The quantitative estimate of drug-likeness (QED) is 0.407. The first-order valence-electron chi connectivity index (χ1n) is 8.95. The molecule has 8 nitrogen and oxygen atoms in total. The second-order valence-electron chi connectivity index (χ2n) is 6.91. The number of fused-ring (bicyclic) bond motifs is 1. The fourth-order valence-corrected chi connectivity index (χ4v) is 7.23. The summed E-state index contributed by atoms with van der Waals surface area (Å²) in [6, 6.07) is 15.3. The molecule has 0 aliphatic carbocycles. The topological polar surface area (TPSA) is 133 Å². The smallest absolute Gasteiger partial charge is 0.330 e. The first kappa shape index (κ1) is 22.5. The third-order valence-electron chi connectivity index (χ3n) is 4.52. The highest BCUT2D eigenvalue weighted by Gasteiger charge is 2.49. The Morgan fingerprint density at radius 2 is 1.77 bits per heavy atom. The van der Waals surface area contributed by atoms with Gasteiger partial charge in [-0.05, 0) is 36.4 Å². The lowest BCUT2D eigenvalue weighted by molar-refractivity contribution is -0.558. The molecule has 2 atom stereocenters. The number of nitrogens with zero attached hydrogens (tertiary/aromatic N) is 2. The normalized spacial score (nSPS) is 22.6. The van der Waals surface area contributed by atoms with Gasteiger partial charge in [-0.2, -0.15) is 0 Å². The molecule has 2 aromatic rings. The summed E-state index contributed by atoms with van der Waals surface area (Å²) < 4.78 is 56.1. The van der Waals surface area contributed by atoms with E-state index in [9.17, 15) is 21.4 Å². The molecule has 0 bridgehead atoms. The Hall–Kier alpha value is -2.21. The molecular weight excluding hydrogens is 446 g/mol. The fraction of sp³-hybridized carbons (Fsp3) is 0.263. The molecule has 2 aliphatic rings. The van der Waals surface area contributed by atoms with Gasteiger partial charge in [-0.15, -0.1) is 4.68 Å². The van der Waals surface area contributed by atoms with Gasteiger partial charge in [-0.25, -0.2) is 16.8 Å². The standard InChI is InChI=1S/C12H13N3O2S2.C7H8O3S/c13-12-15(14-6-9-4-2-1-3-5-9)10-7-19(16,17)8-11(10)18-12;1-6-2-4-7(5-3-6)11(8,9)10/h1-6,10-11,13H,7-8H2;2-5H,1H3,(H,8,9,10)/b14-6+;. The van der Waals surface area contributed by atoms with E-state index in [1.165, 1.54) is 23.9 Å². The third-order valence-corrected chi connectivity index (χ3v) is 8.51. The van der Waals surface area contributed by atoms with Gasteiger partial charge in [0.25, 0.3) is 0 Å². The van der Waals surface area contributed by atoms with Gasteiger partial charge in [-0.1, -0.05) is 53.1 Å². The van der Waals surface area contributed by atoms with Crippen LogP contribution >= 0.6 is 11.8 Å². The largest absolute Gasteiger partial charge is 0.744 e. The Balaban J connectivity index is 0.000000199. The lowest BCUT2D eigenvalue weighted by atomic mass is 10.2. The zero-order chi connectivity index (χ0) is 21.9. The molecule has 1 saturated heterocycles. The van der Waals surface area contributed by atoms with Crippen LogP contribution in [0.4, 0.5) is 0 Å². The lowest BCUT2D eigenvalue weighted by Crippen LogP contribution is -2.29. The number of sulfone groups is 1. The summed E-state index contributed by atoms with van der Waals surface area (Å²) in [5, 5.41) is 4.94. The Bertz CT molecular complexity index is 1180. The molecule has 0 saturated carbocycles. The van der Waals surface area contributed by atoms with Gasteiger partial charge < -0.3 is 4.55 Å². The number of hydrogen-bond donors (Lipinski definition) is 1. The Kier molecular flexibility index (Phi) is 6.65. The number of nitrogens with two attached hydrogens (primary N) is 1. The summed E-state index contributed by atoms with van der Waals surface area (Å²) in [5.74, 6) is 0.331. The number of hydrazone groups is 1. The van der Waals surface area contributed by atoms with Crippen molar-refractivity contribution in [3.8, 4) is 0 Å². The first-order chi connectivity index (χ1) is 14.0. The van der Waals surface area contributed by atoms with E-state index in [0.29, 0.717) is 5.17 Å². The first-order valence-corrected chi connectivity index (χ1v) is 13.1. The molecule has 0 radical (unpaired) electrons. The molecule has 160 valence electrons. The molecule has 2 unspecified atom stereocenters. The summed E-state index contributed by atoms with van der Waals surface area (Å²) in [5.41, 5.74) is 7.81. The summed E-state index contributed by atoms with van der Waals surface area (Å²) in [4.78, 5) is -0.178. The highest BCUT2D eigenvalue weighted by atomic mass is 32.2. The van der Waals surface area contributed by atoms with Gasteiger partial charge in [0.2, 0.25) is 0 Å². The van der Waals surface area contributed by atoms with Gasteiger partial charge in [0.05, 0.1) is 27.9 Å². The van der Waals surface area contributed by atoms with E-state index in [-0.39, 0.29) is 27.7 Å². The average molecular weight is 468 g/mol. The van der Waals surface area contributed by atoms with E-state index < -0.39 is 20.0 Å². The molecule has 2 aromatic carbocycles. The molecule has 4 rings (SSSR count). The highest BCUT2D eigenvalue weighted by Crippen LogP contribution is 2.32. The van der Waals surface area contributed by atoms with Crippen molar-refractivity contribution in [1.82, 2.24) is 0 Å². The Labute approximate surface area is 180 Å². The maximum Gasteiger partial charge on any atom is 0.330 e. The predicted octanol–water partition coefficient (Wildman–Crippen LogP) is 1.16. The van der Waals surface area contributed by atoms with Crippen LogP contribution in [0.25, 0.3) is 0 Å². The summed E-state index contributed by atoms with van der Waals surface area (Å²) in [6.45, 7) is 1.82. The molecule has 2 heterocycles. The molecular formula is C19H21N3O5S3. The van der Waals surface area contributed by atoms with Crippen LogP contribution < -0.4 is 5.73 Å². The monoisotopic (exact) mass is 467 g/mol. The number of thioether (sulfide) groups is 1. The van der Waals surface area contributed by atoms with Crippen LogP contribution in [-0.4, -0.2) is 60.3 Å². The number of benzene rings is 2. The Morgan fingerprint density at radius 1 is 1.13 bits per heavy atom. The molecule has 1 fully saturated rings. The zero-order valence-electron chi connectivity index (χ0n) is 16.1. The third kappa shape index (κ3) is 5.69. The van der Waals surface area contributed by atoms with Crippen molar-refractivity contribution in [1.29, 1.82) is 0 Å². The van der Waals surface area contributed by atoms with E-state index in [1.807, 2.05) is 37.3 Å². The number of amidine groups is 1. The molecule has 2 N–H and O–H groups in total. The van der Waals surface area contributed by atoms with Crippen LogP contribution in [0.5, 0.6) is 0 Å². The number of aryl methyl sites for hydroxylation is 1. The van der Waals surface area contributed by atoms with Gasteiger partial charge in [0.1, 0.15) is 10.1 Å². The van der Waals surface area contributed by atoms with Crippen molar-refractivity contribution in [3.05, 3.63) is 65.7 Å². The van der Waals surface area contributed by atoms with Crippen LogP contribution in [0.3, 0.4) is 0 Å². The van der Waals surface area contributed by atoms with Gasteiger partial charge in [0, 0.05) is 0 Å². The van der Waals surface area contributed by atoms with Crippen LogP contribution in [0.2, 0.25) is 0 Å². The maximum atomic E-state index is 11.6. The molecule has 2 aliphatic heterocycles. The highest BCUT2D eigenvalue weighted by molar-refractivity contribution is 8.15.